The third-order valence-electron chi connectivity index (χ3n) is 3.32. The Morgan fingerprint density at radius 1 is 1.11 bits per heavy atom. The van der Waals surface area contributed by atoms with Crippen LogP contribution in [0, 0.1) is 25.2 Å². The number of hydrogen-bond donors (Lipinski definition) is 0. The molecule has 2 aromatic carbocycles. The number of hydrogen-bond acceptors (Lipinski definition) is 1. The van der Waals surface area contributed by atoms with Crippen LogP contribution in [0.5, 0.6) is 0 Å². The second-order valence-electron chi connectivity index (χ2n) is 4.87. The van der Waals surface area contributed by atoms with Crippen LogP contribution in [0.2, 0.25) is 0 Å². The van der Waals surface area contributed by atoms with E-state index in [-0.39, 0.29) is 5.92 Å². The fourth-order valence-corrected chi connectivity index (χ4v) is 2.48. The third-order valence-corrected chi connectivity index (χ3v) is 3.85. The molecule has 0 amide bonds. The highest BCUT2D eigenvalue weighted by Crippen LogP contribution is 2.25. The first-order valence-corrected chi connectivity index (χ1v) is 7.10. The van der Waals surface area contributed by atoms with Crippen LogP contribution in [0.1, 0.15) is 28.2 Å². The molecule has 0 aliphatic rings. The molecule has 0 radical (unpaired) electrons. The van der Waals surface area contributed by atoms with E-state index in [1.54, 1.807) is 0 Å². The van der Waals surface area contributed by atoms with Crippen molar-refractivity contribution in [2.24, 2.45) is 0 Å². The normalized spacial score (nSPS) is 11.9. The zero-order valence-electron chi connectivity index (χ0n) is 11.2. The minimum atomic E-state index is -0.0823. The molecule has 0 aliphatic heterocycles. The first kappa shape index (κ1) is 13.8. The summed E-state index contributed by atoms with van der Waals surface area (Å²) >= 11 is 3.43. The van der Waals surface area contributed by atoms with Gasteiger partial charge in [0.15, 0.2) is 0 Å². The van der Waals surface area contributed by atoms with E-state index in [0.717, 1.165) is 16.5 Å². The maximum atomic E-state index is 9.45. The Morgan fingerprint density at radius 2 is 1.79 bits per heavy atom. The molecule has 0 heterocycles. The van der Waals surface area contributed by atoms with Crippen molar-refractivity contribution in [3.63, 3.8) is 0 Å². The Kier molecular flexibility index (Phi) is 4.39. The molecular weight excluding hydrogens is 298 g/mol. The predicted octanol–water partition coefficient (Wildman–Crippen LogP) is 4.92. The van der Waals surface area contributed by atoms with E-state index in [4.69, 9.17) is 0 Å². The number of nitrogens with zero attached hydrogens (tertiary/aromatic N) is 1. The van der Waals surface area contributed by atoms with Crippen LogP contribution in [-0.4, -0.2) is 0 Å². The Balaban J connectivity index is 2.28. The van der Waals surface area contributed by atoms with Gasteiger partial charge in [0.05, 0.1) is 12.0 Å². The summed E-state index contributed by atoms with van der Waals surface area (Å²) in [6.07, 6.45) is 0.758. The first-order valence-electron chi connectivity index (χ1n) is 6.31. The molecule has 1 nitrogen and oxygen atoms in total. The van der Waals surface area contributed by atoms with E-state index in [1.165, 1.54) is 16.7 Å². The van der Waals surface area contributed by atoms with Crippen molar-refractivity contribution >= 4 is 15.9 Å². The van der Waals surface area contributed by atoms with Crippen molar-refractivity contribution in [1.29, 1.82) is 5.26 Å². The maximum absolute atomic E-state index is 9.45. The molecule has 0 aliphatic carbocycles. The van der Waals surface area contributed by atoms with Crippen molar-refractivity contribution in [3.8, 4) is 6.07 Å². The van der Waals surface area contributed by atoms with Gasteiger partial charge in [-0.2, -0.15) is 5.26 Å². The molecule has 0 saturated carbocycles. The van der Waals surface area contributed by atoms with E-state index >= 15 is 0 Å². The van der Waals surface area contributed by atoms with Crippen molar-refractivity contribution in [3.05, 3.63) is 69.2 Å². The fourth-order valence-electron chi connectivity index (χ4n) is 2.22. The average molecular weight is 314 g/mol. The smallest absolute Gasteiger partial charge is 0.0755 e. The summed E-state index contributed by atoms with van der Waals surface area (Å²) < 4.78 is 1.07. The quantitative estimate of drug-likeness (QED) is 0.789. The first-order chi connectivity index (χ1) is 9.10. The van der Waals surface area contributed by atoms with E-state index in [2.05, 4.69) is 66.2 Å². The Bertz CT molecular complexity index is 608. The summed E-state index contributed by atoms with van der Waals surface area (Å²) in [6.45, 7) is 4.14. The molecule has 2 rings (SSSR count). The summed E-state index contributed by atoms with van der Waals surface area (Å²) in [4.78, 5) is 0. The van der Waals surface area contributed by atoms with Gasteiger partial charge >= 0.3 is 0 Å². The number of benzene rings is 2. The molecule has 19 heavy (non-hydrogen) atoms. The lowest BCUT2D eigenvalue weighted by Crippen LogP contribution is -2.03. The van der Waals surface area contributed by atoms with Crippen LogP contribution in [0.15, 0.2) is 46.9 Å². The lowest BCUT2D eigenvalue weighted by atomic mass is 9.89. The van der Waals surface area contributed by atoms with Gasteiger partial charge in [0.25, 0.3) is 0 Å². The van der Waals surface area contributed by atoms with E-state index in [9.17, 15) is 5.26 Å². The van der Waals surface area contributed by atoms with Crippen LogP contribution in [0.4, 0.5) is 0 Å². The fraction of sp³-hybridized carbons (Fsp3) is 0.235. The average Bonchev–Trinajstić information content (AvgIpc) is 2.41. The molecule has 1 atom stereocenters. The van der Waals surface area contributed by atoms with Gasteiger partial charge in [0.1, 0.15) is 0 Å². The molecule has 96 valence electrons. The SMILES string of the molecule is Cc1ccc(C)c(C(C#N)Cc2ccc(Br)cc2)c1. The van der Waals surface area contributed by atoms with Crippen molar-refractivity contribution in [2.45, 2.75) is 26.2 Å². The van der Waals surface area contributed by atoms with E-state index in [0.29, 0.717) is 0 Å². The maximum Gasteiger partial charge on any atom is 0.0755 e. The largest absolute Gasteiger partial charge is 0.198 e. The van der Waals surface area contributed by atoms with E-state index in [1.807, 2.05) is 12.1 Å². The van der Waals surface area contributed by atoms with Crippen molar-refractivity contribution in [2.75, 3.05) is 0 Å². The zero-order chi connectivity index (χ0) is 13.8. The van der Waals surface area contributed by atoms with Gasteiger partial charge < -0.3 is 0 Å². The van der Waals surface area contributed by atoms with Crippen LogP contribution in [-0.2, 0) is 6.42 Å². The van der Waals surface area contributed by atoms with Gasteiger partial charge in [-0.25, -0.2) is 0 Å². The minimum absolute atomic E-state index is 0.0823. The molecule has 0 N–H and O–H groups in total. The van der Waals surface area contributed by atoms with Gasteiger partial charge in [-0.1, -0.05) is 51.8 Å². The highest BCUT2D eigenvalue weighted by atomic mass is 79.9. The summed E-state index contributed by atoms with van der Waals surface area (Å²) in [5.41, 5.74) is 4.73. The minimum Gasteiger partial charge on any atom is -0.198 e. The number of rotatable bonds is 3. The lowest BCUT2D eigenvalue weighted by Gasteiger charge is -2.13. The number of halogens is 1. The van der Waals surface area contributed by atoms with Gasteiger partial charge in [0.2, 0.25) is 0 Å². The summed E-state index contributed by atoms with van der Waals surface area (Å²) in [6, 6.07) is 16.9. The molecule has 2 aromatic rings. The monoisotopic (exact) mass is 313 g/mol. The summed E-state index contributed by atoms with van der Waals surface area (Å²) in [5, 5.41) is 9.45. The Hall–Kier alpha value is -1.59. The molecule has 1 unspecified atom stereocenters. The van der Waals surface area contributed by atoms with Gasteiger partial charge in [-0.05, 0) is 49.1 Å². The molecule has 0 aromatic heterocycles. The molecule has 2 heteroatoms. The van der Waals surface area contributed by atoms with Crippen molar-refractivity contribution < 1.29 is 0 Å². The van der Waals surface area contributed by atoms with Crippen LogP contribution < -0.4 is 0 Å². The second kappa shape index (κ2) is 6.04. The molecule has 0 saturated heterocycles. The lowest BCUT2D eigenvalue weighted by molar-refractivity contribution is 0.839. The summed E-state index contributed by atoms with van der Waals surface area (Å²) in [7, 11) is 0. The topological polar surface area (TPSA) is 23.8 Å². The number of nitriles is 1. The molecular formula is C17H16BrN. The van der Waals surface area contributed by atoms with E-state index < -0.39 is 0 Å². The van der Waals surface area contributed by atoms with Crippen LogP contribution >= 0.6 is 15.9 Å². The zero-order valence-corrected chi connectivity index (χ0v) is 12.7. The second-order valence-corrected chi connectivity index (χ2v) is 5.79. The van der Waals surface area contributed by atoms with Crippen LogP contribution in [0.3, 0.4) is 0 Å². The highest BCUT2D eigenvalue weighted by molar-refractivity contribution is 9.10. The summed E-state index contributed by atoms with van der Waals surface area (Å²) in [5.74, 6) is -0.0823. The Labute approximate surface area is 123 Å². The number of aryl methyl sites for hydroxylation is 2. The van der Waals surface area contributed by atoms with Gasteiger partial charge in [-0.15, -0.1) is 0 Å². The van der Waals surface area contributed by atoms with Gasteiger partial charge in [-0.3, -0.25) is 0 Å². The molecule has 0 spiro atoms. The third kappa shape index (κ3) is 3.45. The van der Waals surface area contributed by atoms with Gasteiger partial charge in [0, 0.05) is 4.47 Å². The van der Waals surface area contributed by atoms with Crippen LogP contribution in [0.25, 0.3) is 0 Å². The van der Waals surface area contributed by atoms with Crippen molar-refractivity contribution in [1.82, 2.24) is 0 Å². The highest BCUT2D eigenvalue weighted by Gasteiger charge is 2.14. The Morgan fingerprint density at radius 3 is 2.42 bits per heavy atom. The standard InChI is InChI=1S/C17H16BrN/c1-12-3-4-13(2)17(9-12)15(11-19)10-14-5-7-16(18)8-6-14/h3-9,15H,10H2,1-2H3. The molecule has 0 fully saturated rings. The predicted molar refractivity (Wildman–Crippen MR) is 82.1 cm³/mol. The molecule has 0 bridgehead atoms.